The largest absolute Gasteiger partial charge is 0.508 e. The minimum atomic E-state index is -0.0409. The van der Waals surface area contributed by atoms with E-state index in [-0.39, 0.29) is 11.5 Å². The number of rotatable bonds is 4. The molecule has 15 heavy (non-hydrogen) atoms. The number of hydrazone groups is 1. The molecule has 0 aliphatic carbocycles. The monoisotopic (exact) mass is 205 g/mol. The van der Waals surface area contributed by atoms with Crippen LogP contribution in [0.4, 0.5) is 0 Å². The van der Waals surface area contributed by atoms with E-state index < -0.39 is 0 Å². The molecule has 1 aromatic carbocycles. The second-order valence-electron chi connectivity index (χ2n) is 2.82. The summed E-state index contributed by atoms with van der Waals surface area (Å²) in [5.41, 5.74) is 3.15. The first kappa shape index (κ1) is 10.9. The Morgan fingerprint density at radius 1 is 1.47 bits per heavy atom. The summed E-state index contributed by atoms with van der Waals surface area (Å²) in [6, 6.07) is 6.20. The number of aromatic hydroxyl groups is 2. The number of phenols is 2. The molecule has 78 valence electrons. The quantitative estimate of drug-likeness (QED) is 0.387. The lowest BCUT2D eigenvalue weighted by molar-refractivity contribution is 0.450. The maximum Gasteiger partial charge on any atom is 0.128 e. The van der Waals surface area contributed by atoms with E-state index in [9.17, 15) is 5.11 Å². The molecule has 0 spiro atoms. The van der Waals surface area contributed by atoms with E-state index in [4.69, 9.17) is 10.4 Å². The Labute approximate surface area is 87.3 Å². The summed E-state index contributed by atoms with van der Waals surface area (Å²) in [4.78, 5) is 0. The lowest BCUT2D eigenvalue weighted by Crippen LogP contribution is -2.06. The molecule has 5 nitrogen and oxygen atoms in total. The molecule has 0 saturated heterocycles. The zero-order chi connectivity index (χ0) is 11.1. The summed E-state index contributed by atoms with van der Waals surface area (Å²) in [5, 5.41) is 30.4. The number of benzene rings is 1. The molecule has 5 heteroatoms. The summed E-state index contributed by atoms with van der Waals surface area (Å²) in [6.07, 6.45) is 1.80. The van der Waals surface area contributed by atoms with Crippen LogP contribution in [0.25, 0.3) is 0 Å². The second kappa shape index (κ2) is 5.50. The van der Waals surface area contributed by atoms with Gasteiger partial charge in [0, 0.05) is 18.2 Å². The van der Waals surface area contributed by atoms with Crippen LogP contribution in [0.1, 0.15) is 12.0 Å². The van der Waals surface area contributed by atoms with Crippen LogP contribution in [-0.2, 0) is 0 Å². The standard InChI is InChI=1S/C10H11N3O2/c11-4-1-5-12-13-7-8-2-3-9(14)6-10(8)15/h2-3,6-7,12,14-15H,1,5H2/b13-7+. The minimum absolute atomic E-state index is 0.00193. The average molecular weight is 205 g/mol. The third-order valence-electron chi connectivity index (χ3n) is 1.66. The Morgan fingerprint density at radius 2 is 2.27 bits per heavy atom. The third kappa shape index (κ3) is 3.56. The molecule has 0 aliphatic rings. The Bertz CT molecular complexity index is 396. The highest BCUT2D eigenvalue weighted by Crippen LogP contribution is 2.20. The average Bonchev–Trinajstić information content (AvgIpc) is 2.20. The van der Waals surface area contributed by atoms with Crippen molar-refractivity contribution in [1.29, 1.82) is 5.26 Å². The van der Waals surface area contributed by atoms with Gasteiger partial charge in [0.1, 0.15) is 11.5 Å². The van der Waals surface area contributed by atoms with Gasteiger partial charge in [-0.25, -0.2) is 0 Å². The van der Waals surface area contributed by atoms with Crippen LogP contribution in [0.2, 0.25) is 0 Å². The van der Waals surface area contributed by atoms with E-state index in [2.05, 4.69) is 10.5 Å². The van der Waals surface area contributed by atoms with E-state index in [0.29, 0.717) is 18.5 Å². The number of hydrogen-bond donors (Lipinski definition) is 3. The zero-order valence-electron chi connectivity index (χ0n) is 8.01. The van der Waals surface area contributed by atoms with Crippen molar-refractivity contribution in [1.82, 2.24) is 5.43 Å². The lowest BCUT2D eigenvalue weighted by Gasteiger charge is -1.99. The van der Waals surface area contributed by atoms with E-state index in [1.165, 1.54) is 18.3 Å². The molecule has 3 N–H and O–H groups in total. The van der Waals surface area contributed by atoms with Gasteiger partial charge in [-0.15, -0.1) is 0 Å². The number of nitrogens with zero attached hydrogens (tertiary/aromatic N) is 2. The van der Waals surface area contributed by atoms with Crippen LogP contribution in [-0.4, -0.2) is 23.0 Å². The third-order valence-corrected chi connectivity index (χ3v) is 1.66. The van der Waals surface area contributed by atoms with Crippen LogP contribution in [0.5, 0.6) is 11.5 Å². The summed E-state index contributed by atoms with van der Waals surface area (Å²) in [7, 11) is 0. The summed E-state index contributed by atoms with van der Waals surface area (Å²) < 4.78 is 0. The van der Waals surface area contributed by atoms with E-state index in [1.54, 1.807) is 6.07 Å². The molecule has 0 amide bonds. The van der Waals surface area contributed by atoms with Crippen LogP contribution in [0.3, 0.4) is 0 Å². The molecule has 0 fully saturated rings. The smallest absolute Gasteiger partial charge is 0.128 e. The van der Waals surface area contributed by atoms with Gasteiger partial charge in [0.2, 0.25) is 0 Å². The van der Waals surface area contributed by atoms with Crippen molar-refractivity contribution < 1.29 is 10.2 Å². The Balaban J connectivity index is 2.54. The number of phenolic OH excluding ortho intramolecular Hbond substituents is 2. The van der Waals surface area contributed by atoms with Gasteiger partial charge in [-0.2, -0.15) is 10.4 Å². The maximum absolute atomic E-state index is 9.36. The van der Waals surface area contributed by atoms with Gasteiger partial charge in [-0.3, -0.25) is 0 Å². The van der Waals surface area contributed by atoms with E-state index in [1.807, 2.05) is 6.07 Å². The van der Waals surface area contributed by atoms with Crippen molar-refractivity contribution in [3.05, 3.63) is 23.8 Å². The zero-order valence-corrected chi connectivity index (χ0v) is 8.01. The fourth-order valence-electron chi connectivity index (χ4n) is 0.933. The van der Waals surface area contributed by atoms with Gasteiger partial charge < -0.3 is 15.6 Å². The molecule has 0 radical (unpaired) electrons. The molecule has 0 heterocycles. The molecular weight excluding hydrogens is 194 g/mol. The molecule has 0 aromatic heterocycles. The lowest BCUT2D eigenvalue weighted by atomic mass is 10.2. The molecule has 0 unspecified atom stereocenters. The highest BCUT2D eigenvalue weighted by Gasteiger charge is 1.98. The summed E-state index contributed by atoms with van der Waals surface area (Å²) in [6.45, 7) is 0.464. The van der Waals surface area contributed by atoms with Gasteiger partial charge in [0.05, 0.1) is 18.7 Å². The molecular formula is C10H11N3O2. The van der Waals surface area contributed by atoms with Crippen molar-refractivity contribution in [2.75, 3.05) is 6.54 Å². The SMILES string of the molecule is N#CCCN/N=C/c1ccc(O)cc1O. The van der Waals surface area contributed by atoms with Crippen LogP contribution in [0.15, 0.2) is 23.3 Å². The summed E-state index contributed by atoms with van der Waals surface area (Å²) in [5.74, 6) is -0.0390. The van der Waals surface area contributed by atoms with Crippen molar-refractivity contribution in [3.63, 3.8) is 0 Å². The van der Waals surface area contributed by atoms with Gasteiger partial charge in [-0.1, -0.05) is 0 Å². The first-order chi connectivity index (χ1) is 7.24. The number of nitriles is 1. The molecule has 1 aromatic rings. The first-order valence-electron chi connectivity index (χ1n) is 4.39. The molecule has 0 atom stereocenters. The number of nitrogens with one attached hydrogen (secondary N) is 1. The minimum Gasteiger partial charge on any atom is -0.508 e. The molecule has 0 bridgehead atoms. The van der Waals surface area contributed by atoms with Gasteiger partial charge in [-0.05, 0) is 12.1 Å². The Morgan fingerprint density at radius 3 is 2.93 bits per heavy atom. The molecule has 0 aliphatic heterocycles. The van der Waals surface area contributed by atoms with Gasteiger partial charge in [0.15, 0.2) is 0 Å². The van der Waals surface area contributed by atoms with Crippen molar-refractivity contribution in [2.24, 2.45) is 5.10 Å². The van der Waals surface area contributed by atoms with E-state index >= 15 is 0 Å². The van der Waals surface area contributed by atoms with Gasteiger partial charge >= 0.3 is 0 Å². The molecule has 1 rings (SSSR count). The maximum atomic E-state index is 9.36. The highest BCUT2D eigenvalue weighted by molar-refractivity contribution is 5.83. The van der Waals surface area contributed by atoms with Crippen LogP contribution in [0, 0.1) is 11.3 Å². The fourth-order valence-corrected chi connectivity index (χ4v) is 0.933. The van der Waals surface area contributed by atoms with Gasteiger partial charge in [0.25, 0.3) is 0 Å². The van der Waals surface area contributed by atoms with Crippen molar-refractivity contribution >= 4 is 6.21 Å². The normalized spacial score (nSPS) is 10.1. The van der Waals surface area contributed by atoms with E-state index in [0.717, 1.165) is 0 Å². The van der Waals surface area contributed by atoms with Crippen LogP contribution >= 0.6 is 0 Å². The Kier molecular flexibility index (Phi) is 3.98. The topological polar surface area (TPSA) is 88.6 Å². The predicted octanol–water partition coefficient (Wildman–Crippen LogP) is 0.935. The van der Waals surface area contributed by atoms with Crippen LogP contribution < -0.4 is 5.43 Å². The predicted molar refractivity (Wildman–Crippen MR) is 55.6 cm³/mol. The Hall–Kier alpha value is -2.22. The van der Waals surface area contributed by atoms with Crippen molar-refractivity contribution in [2.45, 2.75) is 6.42 Å². The second-order valence-corrected chi connectivity index (χ2v) is 2.82. The fraction of sp³-hybridized carbons (Fsp3) is 0.200. The molecule has 0 saturated carbocycles. The summed E-state index contributed by atoms with van der Waals surface area (Å²) >= 11 is 0. The van der Waals surface area contributed by atoms with Crippen molar-refractivity contribution in [3.8, 4) is 17.6 Å². The highest BCUT2D eigenvalue weighted by atomic mass is 16.3. The number of hydrogen-bond acceptors (Lipinski definition) is 5. The first-order valence-corrected chi connectivity index (χ1v) is 4.39.